The molecule has 1 aromatic rings. The van der Waals surface area contributed by atoms with Crippen molar-refractivity contribution in [1.82, 2.24) is 0 Å². The summed E-state index contributed by atoms with van der Waals surface area (Å²) >= 11 is 6.17. The van der Waals surface area contributed by atoms with E-state index in [-0.39, 0.29) is 5.91 Å². The van der Waals surface area contributed by atoms with Gasteiger partial charge in [-0.15, -0.1) is 0 Å². The van der Waals surface area contributed by atoms with Gasteiger partial charge in [0.1, 0.15) is 11.4 Å². The Balaban J connectivity index is 2.87. The molecule has 0 fully saturated rings. The maximum absolute atomic E-state index is 12.7. The largest absolute Gasteiger partial charge is 0.492 e. The zero-order valence-corrected chi connectivity index (χ0v) is 15.5. The molecule has 0 bridgehead atoms. The minimum absolute atomic E-state index is 0.153. The second kappa shape index (κ2) is 9.14. The van der Waals surface area contributed by atoms with E-state index in [0.717, 1.165) is 6.42 Å². The highest BCUT2D eigenvalue weighted by molar-refractivity contribution is 6.32. The fourth-order valence-electron chi connectivity index (χ4n) is 2.44. The van der Waals surface area contributed by atoms with E-state index in [2.05, 4.69) is 19.2 Å². The van der Waals surface area contributed by atoms with Crippen molar-refractivity contribution in [3.8, 4) is 5.75 Å². The van der Waals surface area contributed by atoms with Crippen LogP contribution in [0.4, 0.5) is 5.69 Å². The first-order valence-corrected chi connectivity index (χ1v) is 8.58. The number of nitrogens with one attached hydrogen (secondary N) is 1. The maximum Gasteiger partial charge on any atom is 0.256 e. The third kappa shape index (κ3) is 6.04. The van der Waals surface area contributed by atoms with Gasteiger partial charge in [-0.3, -0.25) is 4.79 Å². The molecule has 23 heavy (non-hydrogen) atoms. The Hall–Kier alpha value is -1.26. The van der Waals surface area contributed by atoms with Crippen LogP contribution in [0, 0.1) is 5.92 Å². The van der Waals surface area contributed by atoms with Gasteiger partial charge in [0.25, 0.3) is 5.91 Å². The highest BCUT2D eigenvalue weighted by Gasteiger charge is 2.35. The van der Waals surface area contributed by atoms with Gasteiger partial charge in [0, 0.05) is 12.3 Å². The summed E-state index contributed by atoms with van der Waals surface area (Å²) < 4.78 is 11.2. The summed E-state index contributed by atoms with van der Waals surface area (Å²) in [5.41, 5.74) is -0.214. The van der Waals surface area contributed by atoms with Crippen LogP contribution in [0.1, 0.15) is 47.5 Å². The van der Waals surface area contributed by atoms with E-state index in [0.29, 0.717) is 42.0 Å². The molecule has 1 unspecified atom stereocenters. The van der Waals surface area contributed by atoms with Crippen molar-refractivity contribution in [2.75, 3.05) is 18.5 Å². The number of benzene rings is 1. The third-order valence-electron chi connectivity index (χ3n) is 3.39. The van der Waals surface area contributed by atoms with Crippen LogP contribution >= 0.6 is 11.6 Å². The van der Waals surface area contributed by atoms with Gasteiger partial charge in [-0.05, 0) is 50.8 Å². The van der Waals surface area contributed by atoms with Crippen LogP contribution in [0.25, 0.3) is 0 Å². The predicted octanol–water partition coefficient (Wildman–Crippen LogP) is 4.91. The highest BCUT2D eigenvalue weighted by atomic mass is 35.5. The maximum atomic E-state index is 12.7. The first-order chi connectivity index (χ1) is 10.8. The Morgan fingerprint density at radius 1 is 1.35 bits per heavy atom. The van der Waals surface area contributed by atoms with Gasteiger partial charge in [-0.1, -0.05) is 32.4 Å². The van der Waals surface area contributed by atoms with Gasteiger partial charge in [-0.25, -0.2) is 0 Å². The number of carbonyl (C=O) groups excluding carboxylic acids is 1. The number of rotatable bonds is 9. The molecule has 1 aromatic carbocycles. The number of carbonyl (C=O) groups is 1. The average Bonchev–Trinajstić information content (AvgIpc) is 2.47. The molecule has 0 spiro atoms. The summed E-state index contributed by atoms with van der Waals surface area (Å²) in [5, 5.41) is 3.38. The molecule has 4 nitrogen and oxygen atoms in total. The monoisotopic (exact) mass is 341 g/mol. The molecule has 1 amide bonds. The lowest BCUT2D eigenvalue weighted by molar-refractivity contribution is -0.141. The minimum Gasteiger partial charge on any atom is -0.492 e. The number of halogens is 1. The standard InChI is InChI=1S/C18H28ClNO3/c1-6-10-23-18(5,12-13(3)4)17(21)20-14-8-9-16(22-7-2)15(19)11-14/h8-9,11,13H,6-7,10,12H2,1-5H3,(H,20,21). The molecule has 130 valence electrons. The van der Waals surface area contributed by atoms with E-state index < -0.39 is 5.60 Å². The van der Waals surface area contributed by atoms with E-state index in [1.807, 2.05) is 20.8 Å². The van der Waals surface area contributed by atoms with Crippen LogP contribution in [-0.2, 0) is 9.53 Å². The molecule has 0 saturated heterocycles. The van der Waals surface area contributed by atoms with Gasteiger partial charge in [0.05, 0.1) is 11.6 Å². The number of hydrogen-bond acceptors (Lipinski definition) is 3. The second-order valence-corrected chi connectivity index (χ2v) is 6.62. The molecule has 5 heteroatoms. The molecule has 0 radical (unpaired) electrons. The van der Waals surface area contributed by atoms with Crippen molar-refractivity contribution in [2.24, 2.45) is 5.92 Å². The Kier molecular flexibility index (Phi) is 7.86. The van der Waals surface area contributed by atoms with Crippen molar-refractivity contribution >= 4 is 23.2 Å². The van der Waals surface area contributed by atoms with E-state index in [4.69, 9.17) is 21.1 Å². The number of anilines is 1. The smallest absolute Gasteiger partial charge is 0.256 e. The van der Waals surface area contributed by atoms with Gasteiger partial charge < -0.3 is 14.8 Å². The van der Waals surface area contributed by atoms with Crippen molar-refractivity contribution in [3.63, 3.8) is 0 Å². The van der Waals surface area contributed by atoms with Crippen LogP contribution in [0.2, 0.25) is 5.02 Å². The molecule has 0 aliphatic carbocycles. The Morgan fingerprint density at radius 2 is 2.04 bits per heavy atom. The predicted molar refractivity (Wildman–Crippen MR) is 95.4 cm³/mol. The van der Waals surface area contributed by atoms with E-state index >= 15 is 0 Å². The molecule has 0 aliphatic heterocycles. The number of amides is 1. The fraction of sp³-hybridized carbons (Fsp3) is 0.611. The number of ether oxygens (including phenoxy) is 2. The van der Waals surface area contributed by atoms with E-state index in [9.17, 15) is 4.79 Å². The Morgan fingerprint density at radius 3 is 2.57 bits per heavy atom. The molecular formula is C18H28ClNO3. The van der Waals surface area contributed by atoms with Crippen molar-refractivity contribution in [2.45, 2.75) is 53.1 Å². The first-order valence-electron chi connectivity index (χ1n) is 8.20. The van der Waals surface area contributed by atoms with Crippen LogP contribution in [-0.4, -0.2) is 24.7 Å². The van der Waals surface area contributed by atoms with E-state index in [1.165, 1.54) is 0 Å². The Bertz CT molecular complexity index is 519. The van der Waals surface area contributed by atoms with Crippen LogP contribution in [0.5, 0.6) is 5.75 Å². The fourth-order valence-corrected chi connectivity index (χ4v) is 2.67. The van der Waals surface area contributed by atoms with Crippen molar-refractivity contribution in [1.29, 1.82) is 0 Å². The highest BCUT2D eigenvalue weighted by Crippen LogP contribution is 2.29. The van der Waals surface area contributed by atoms with Crippen molar-refractivity contribution < 1.29 is 14.3 Å². The molecule has 0 heterocycles. The molecule has 1 N–H and O–H groups in total. The van der Waals surface area contributed by atoms with Gasteiger partial charge in [0.2, 0.25) is 0 Å². The molecule has 0 aliphatic rings. The summed E-state index contributed by atoms with van der Waals surface area (Å²) in [5.74, 6) is 0.811. The average molecular weight is 342 g/mol. The van der Waals surface area contributed by atoms with Crippen LogP contribution in [0.15, 0.2) is 18.2 Å². The minimum atomic E-state index is -0.852. The quantitative estimate of drug-likeness (QED) is 0.694. The first kappa shape index (κ1) is 19.8. The zero-order valence-electron chi connectivity index (χ0n) is 14.7. The third-order valence-corrected chi connectivity index (χ3v) is 3.69. The lowest BCUT2D eigenvalue weighted by Gasteiger charge is -2.30. The van der Waals surface area contributed by atoms with Crippen molar-refractivity contribution in [3.05, 3.63) is 23.2 Å². The molecule has 1 atom stereocenters. The molecule has 0 saturated carbocycles. The lowest BCUT2D eigenvalue weighted by atomic mass is 9.93. The normalized spacial score (nSPS) is 13.7. The summed E-state index contributed by atoms with van der Waals surface area (Å²) in [7, 11) is 0. The van der Waals surface area contributed by atoms with Gasteiger partial charge >= 0.3 is 0 Å². The molecule has 1 rings (SSSR count). The van der Waals surface area contributed by atoms with Crippen LogP contribution in [0.3, 0.4) is 0 Å². The topological polar surface area (TPSA) is 47.6 Å². The van der Waals surface area contributed by atoms with Crippen LogP contribution < -0.4 is 10.1 Å². The number of hydrogen-bond donors (Lipinski definition) is 1. The lowest BCUT2D eigenvalue weighted by Crippen LogP contribution is -2.44. The van der Waals surface area contributed by atoms with Gasteiger partial charge in [-0.2, -0.15) is 0 Å². The summed E-state index contributed by atoms with van der Waals surface area (Å²) in [6.07, 6.45) is 1.53. The second-order valence-electron chi connectivity index (χ2n) is 6.21. The Labute approximate surface area is 144 Å². The zero-order chi connectivity index (χ0) is 17.5. The molecular weight excluding hydrogens is 314 g/mol. The SMILES string of the molecule is CCCOC(C)(CC(C)C)C(=O)Nc1ccc(OCC)c(Cl)c1. The summed E-state index contributed by atoms with van der Waals surface area (Å²) in [6, 6.07) is 5.23. The molecule has 0 aromatic heterocycles. The van der Waals surface area contributed by atoms with E-state index in [1.54, 1.807) is 18.2 Å². The summed E-state index contributed by atoms with van der Waals surface area (Å²) in [6.45, 7) is 11.0. The summed E-state index contributed by atoms with van der Waals surface area (Å²) in [4.78, 5) is 12.7. The van der Waals surface area contributed by atoms with Gasteiger partial charge in [0.15, 0.2) is 0 Å².